The molecule has 0 fully saturated rings. The number of rotatable bonds is 0. The summed E-state index contributed by atoms with van der Waals surface area (Å²) in [5.41, 5.74) is -0.0718. The first-order valence-electron chi connectivity index (χ1n) is 3.17. The molecule has 2 heterocycles. The molecular formula is C6H4BrN3O2. The maximum absolute atomic E-state index is 11.1. The number of aromatic amines is 3. The van der Waals surface area contributed by atoms with Gasteiger partial charge in [-0.15, -0.1) is 0 Å². The van der Waals surface area contributed by atoms with Crippen LogP contribution in [0.15, 0.2) is 20.3 Å². The largest absolute Gasteiger partial charge is 0.354 e. The van der Waals surface area contributed by atoms with Crippen LogP contribution < -0.4 is 11.2 Å². The fraction of sp³-hybridized carbons (Fsp3) is 0. The molecule has 0 aliphatic rings. The van der Waals surface area contributed by atoms with Gasteiger partial charge in [0.15, 0.2) is 0 Å². The molecule has 0 unspecified atom stereocenters. The lowest BCUT2D eigenvalue weighted by molar-refractivity contribution is 1.08. The minimum atomic E-state index is -0.507. The Kier molecular flexibility index (Phi) is 1.44. The van der Waals surface area contributed by atoms with E-state index in [-0.39, 0.29) is 0 Å². The van der Waals surface area contributed by atoms with Crippen LogP contribution in [0.25, 0.3) is 11.0 Å². The van der Waals surface area contributed by atoms with Gasteiger partial charge < -0.3 is 9.97 Å². The zero-order valence-electron chi connectivity index (χ0n) is 5.77. The third-order valence-electron chi connectivity index (χ3n) is 1.52. The highest BCUT2D eigenvalue weighted by Gasteiger charge is 2.04. The molecule has 0 saturated heterocycles. The molecule has 0 bridgehead atoms. The van der Waals surface area contributed by atoms with Gasteiger partial charge in [0.2, 0.25) is 0 Å². The van der Waals surface area contributed by atoms with Crippen molar-refractivity contribution >= 4 is 27.0 Å². The van der Waals surface area contributed by atoms with Crippen LogP contribution in [0.2, 0.25) is 0 Å². The highest BCUT2D eigenvalue weighted by Crippen LogP contribution is 2.16. The Morgan fingerprint density at radius 1 is 1.17 bits per heavy atom. The van der Waals surface area contributed by atoms with Gasteiger partial charge in [-0.1, -0.05) is 0 Å². The monoisotopic (exact) mass is 229 g/mol. The Balaban J connectivity index is 3.13. The smallest absolute Gasteiger partial charge is 0.326 e. The SMILES string of the molecule is O=c1[nH]c(=O)c2[nH]cc(Br)c2[nH]1. The van der Waals surface area contributed by atoms with Gasteiger partial charge in [0, 0.05) is 6.20 Å². The van der Waals surface area contributed by atoms with E-state index in [2.05, 4.69) is 30.9 Å². The van der Waals surface area contributed by atoms with Crippen molar-refractivity contribution in [3.05, 3.63) is 31.5 Å². The highest BCUT2D eigenvalue weighted by atomic mass is 79.9. The number of aromatic nitrogens is 3. The van der Waals surface area contributed by atoms with Gasteiger partial charge >= 0.3 is 5.69 Å². The minimum absolute atomic E-state index is 0.362. The zero-order valence-corrected chi connectivity index (χ0v) is 7.36. The lowest BCUT2D eigenvalue weighted by Crippen LogP contribution is -2.21. The first-order chi connectivity index (χ1) is 5.68. The fourth-order valence-corrected chi connectivity index (χ4v) is 1.42. The van der Waals surface area contributed by atoms with E-state index in [1.807, 2.05) is 0 Å². The van der Waals surface area contributed by atoms with Gasteiger partial charge in [0.25, 0.3) is 5.56 Å². The van der Waals surface area contributed by atoms with E-state index in [9.17, 15) is 9.59 Å². The molecule has 0 amide bonds. The van der Waals surface area contributed by atoms with Crippen molar-refractivity contribution in [2.75, 3.05) is 0 Å². The van der Waals surface area contributed by atoms with E-state index in [0.717, 1.165) is 0 Å². The molecule has 2 aromatic heterocycles. The van der Waals surface area contributed by atoms with Crippen LogP contribution in [0.5, 0.6) is 0 Å². The molecule has 2 aromatic rings. The van der Waals surface area contributed by atoms with Crippen LogP contribution in [-0.2, 0) is 0 Å². The number of hydrogen-bond donors (Lipinski definition) is 3. The summed E-state index contributed by atoms with van der Waals surface area (Å²) >= 11 is 3.18. The second-order valence-corrected chi connectivity index (χ2v) is 3.15. The molecule has 0 saturated carbocycles. The normalized spacial score (nSPS) is 10.8. The summed E-state index contributed by atoms with van der Waals surface area (Å²) in [6, 6.07) is 0. The van der Waals surface area contributed by atoms with Gasteiger partial charge in [0.05, 0.1) is 9.99 Å². The summed E-state index contributed by atoms with van der Waals surface area (Å²) in [6.45, 7) is 0. The predicted octanol–water partition coefficient (Wildman–Crippen LogP) is 0.307. The second kappa shape index (κ2) is 2.34. The van der Waals surface area contributed by atoms with Crippen molar-refractivity contribution in [2.45, 2.75) is 0 Å². The summed E-state index contributed by atoms with van der Waals surface area (Å²) in [5, 5.41) is 0. The minimum Gasteiger partial charge on any atom is -0.354 e. The van der Waals surface area contributed by atoms with Gasteiger partial charge in [-0.25, -0.2) is 4.79 Å². The summed E-state index contributed by atoms with van der Waals surface area (Å²) in [4.78, 5) is 29.2. The third-order valence-corrected chi connectivity index (χ3v) is 2.15. The average Bonchev–Trinajstić information content (AvgIpc) is 2.33. The lowest BCUT2D eigenvalue weighted by Gasteiger charge is -1.87. The standard InChI is InChI=1S/C6H4BrN3O2/c7-2-1-8-4-3(2)9-6(12)10-5(4)11/h1,8H,(H2,9,10,11,12). The zero-order chi connectivity index (χ0) is 8.72. The molecule has 0 aliphatic heterocycles. The van der Waals surface area contributed by atoms with Crippen LogP contribution >= 0.6 is 15.9 Å². The first-order valence-corrected chi connectivity index (χ1v) is 3.97. The van der Waals surface area contributed by atoms with Crippen molar-refractivity contribution in [1.82, 2.24) is 15.0 Å². The van der Waals surface area contributed by atoms with Gasteiger partial charge in [-0.2, -0.15) is 0 Å². The predicted molar refractivity (Wildman–Crippen MR) is 47.2 cm³/mol. The van der Waals surface area contributed by atoms with Crippen molar-refractivity contribution in [3.63, 3.8) is 0 Å². The molecule has 0 aromatic carbocycles. The molecule has 6 heteroatoms. The van der Waals surface area contributed by atoms with Crippen LogP contribution in [0.1, 0.15) is 0 Å². The molecule has 0 radical (unpaired) electrons. The maximum Gasteiger partial charge on any atom is 0.326 e. The highest BCUT2D eigenvalue weighted by molar-refractivity contribution is 9.10. The van der Waals surface area contributed by atoms with Crippen molar-refractivity contribution in [2.24, 2.45) is 0 Å². The fourth-order valence-electron chi connectivity index (χ4n) is 1.01. The maximum atomic E-state index is 11.1. The Hall–Kier alpha value is -1.30. The summed E-state index contributed by atoms with van der Waals surface area (Å²) in [6.07, 6.45) is 1.59. The molecule has 3 N–H and O–H groups in total. The van der Waals surface area contributed by atoms with E-state index in [1.165, 1.54) is 0 Å². The number of fused-ring (bicyclic) bond motifs is 1. The van der Waals surface area contributed by atoms with Crippen molar-refractivity contribution < 1.29 is 0 Å². The first kappa shape index (κ1) is 7.35. The topological polar surface area (TPSA) is 81.5 Å². The molecule has 12 heavy (non-hydrogen) atoms. The van der Waals surface area contributed by atoms with E-state index < -0.39 is 11.2 Å². The summed E-state index contributed by atoms with van der Waals surface area (Å²) in [7, 11) is 0. The Morgan fingerprint density at radius 2 is 1.92 bits per heavy atom. The molecule has 0 aliphatic carbocycles. The van der Waals surface area contributed by atoms with Crippen LogP contribution in [0, 0.1) is 0 Å². The third kappa shape index (κ3) is 0.918. The van der Waals surface area contributed by atoms with E-state index in [0.29, 0.717) is 15.5 Å². The van der Waals surface area contributed by atoms with Crippen molar-refractivity contribution in [3.8, 4) is 0 Å². The van der Waals surface area contributed by atoms with E-state index in [4.69, 9.17) is 0 Å². The molecule has 0 atom stereocenters. The van der Waals surface area contributed by atoms with E-state index >= 15 is 0 Å². The number of halogens is 1. The molecular weight excluding hydrogens is 226 g/mol. The Labute approximate surface area is 74.0 Å². The Bertz CT molecular complexity index is 535. The average molecular weight is 230 g/mol. The van der Waals surface area contributed by atoms with Crippen LogP contribution in [-0.4, -0.2) is 15.0 Å². The van der Waals surface area contributed by atoms with Gasteiger partial charge in [-0.3, -0.25) is 9.78 Å². The molecule has 62 valence electrons. The lowest BCUT2D eigenvalue weighted by atomic mass is 10.5. The van der Waals surface area contributed by atoms with Gasteiger partial charge in [-0.05, 0) is 15.9 Å². The van der Waals surface area contributed by atoms with Crippen LogP contribution in [0.3, 0.4) is 0 Å². The van der Waals surface area contributed by atoms with Gasteiger partial charge in [0.1, 0.15) is 5.52 Å². The summed E-state index contributed by atoms with van der Waals surface area (Å²) in [5.74, 6) is 0. The molecule has 0 spiro atoms. The molecule has 2 rings (SSSR count). The number of nitrogens with one attached hydrogen (secondary N) is 3. The van der Waals surface area contributed by atoms with Crippen molar-refractivity contribution in [1.29, 1.82) is 0 Å². The number of H-pyrrole nitrogens is 3. The number of hydrogen-bond acceptors (Lipinski definition) is 2. The van der Waals surface area contributed by atoms with E-state index in [1.54, 1.807) is 6.20 Å². The van der Waals surface area contributed by atoms with Crippen LogP contribution in [0.4, 0.5) is 0 Å². The second-order valence-electron chi connectivity index (χ2n) is 2.29. The summed E-state index contributed by atoms with van der Waals surface area (Å²) < 4.78 is 0.667. The molecule has 5 nitrogen and oxygen atoms in total. The quantitative estimate of drug-likeness (QED) is 0.608. The Morgan fingerprint density at radius 3 is 2.67 bits per heavy atom.